The molecule has 0 saturated heterocycles. The maximum Gasteiger partial charge on any atom is 0.0673 e. The lowest BCUT2D eigenvalue weighted by Gasteiger charge is -1.97. The lowest BCUT2D eigenvalue weighted by molar-refractivity contribution is 0.224. The molecule has 0 bridgehead atoms. The maximum atomic E-state index is 4.87. The van der Waals surface area contributed by atoms with Crippen LogP contribution in [-0.2, 0) is 4.74 Å². The van der Waals surface area contributed by atoms with Crippen molar-refractivity contribution in [2.24, 2.45) is 0 Å². The fourth-order valence-corrected chi connectivity index (χ4v) is 0.548. The van der Waals surface area contributed by atoms with Crippen molar-refractivity contribution in [2.45, 2.75) is 13.3 Å². The SMILES string of the molecule is C=C(CC=CC)COC. The molecule has 9 heavy (non-hydrogen) atoms. The van der Waals surface area contributed by atoms with Crippen LogP contribution >= 0.6 is 0 Å². The standard InChI is InChI=1S/C8H14O/c1-4-5-6-8(2)7-9-3/h4-5H,2,6-7H2,1,3H3. The highest BCUT2D eigenvalue weighted by molar-refractivity contribution is 5.01. The Morgan fingerprint density at radius 1 is 1.67 bits per heavy atom. The average Bonchev–Trinajstić information content (AvgIpc) is 1.85. The zero-order valence-corrected chi connectivity index (χ0v) is 6.18. The maximum absolute atomic E-state index is 4.87. The second kappa shape index (κ2) is 5.57. The molecule has 0 N–H and O–H groups in total. The quantitative estimate of drug-likeness (QED) is 0.524. The third-order valence-corrected chi connectivity index (χ3v) is 0.991. The minimum Gasteiger partial charge on any atom is -0.380 e. The van der Waals surface area contributed by atoms with E-state index >= 15 is 0 Å². The fourth-order valence-electron chi connectivity index (χ4n) is 0.548. The minimum absolute atomic E-state index is 0.671. The van der Waals surface area contributed by atoms with Crippen molar-refractivity contribution in [2.75, 3.05) is 13.7 Å². The third kappa shape index (κ3) is 5.31. The zero-order chi connectivity index (χ0) is 7.11. The first-order valence-electron chi connectivity index (χ1n) is 3.08. The Labute approximate surface area is 57.0 Å². The van der Waals surface area contributed by atoms with E-state index in [4.69, 9.17) is 4.74 Å². The number of allylic oxidation sites excluding steroid dienone is 2. The van der Waals surface area contributed by atoms with Gasteiger partial charge in [-0.3, -0.25) is 0 Å². The van der Waals surface area contributed by atoms with Gasteiger partial charge in [0.25, 0.3) is 0 Å². The summed E-state index contributed by atoms with van der Waals surface area (Å²) in [6.45, 7) is 6.48. The predicted octanol–water partition coefficient (Wildman–Crippen LogP) is 2.16. The van der Waals surface area contributed by atoms with Gasteiger partial charge in [0.05, 0.1) is 6.61 Å². The van der Waals surface area contributed by atoms with Crippen molar-refractivity contribution in [3.63, 3.8) is 0 Å². The molecule has 52 valence electrons. The monoisotopic (exact) mass is 126 g/mol. The summed E-state index contributed by atoms with van der Waals surface area (Å²) in [5.74, 6) is 0. The van der Waals surface area contributed by atoms with E-state index in [-0.39, 0.29) is 0 Å². The van der Waals surface area contributed by atoms with Gasteiger partial charge in [-0.25, -0.2) is 0 Å². The van der Waals surface area contributed by atoms with E-state index in [0.717, 1.165) is 12.0 Å². The van der Waals surface area contributed by atoms with E-state index < -0.39 is 0 Å². The van der Waals surface area contributed by atoms with Crippen LogP contribution in [0.4, 0.5) is 0 Å². The van der Waals surface area contributed by atoms with Crippen LogP contribution in [0.3, 0.4) is 0 Å². The van der Waals surface area contributed by atoms with E-state index in [0.29, 0.717) is 6.61 Å². The normalized spacial score (nSPS) is 10.4. The highest BCUT2D eigenvalue weighted by atomic mass is 16.5. The van der Waals surface area contributed by atoms with Crippen LogP contribution in [0.2, 0.25) is 0 Å². The smallest absolute Gasteiger partial charge is 0.0673 e. The van der Waals surface area contributed by atoms with Gasteiger partial charge in [0.15, 0.2) is 0 Å². The van der Waals surface area contributed by atoms with E-state index in [9.17, 15) is 0 Å². The Hall–Kier alpha value is -0.560. The molecular formula is C8H14O. The van der Waals surface area contributed by atoms with E-state index in [2.05, 4.69) is 12.7 Å². The van der Waals surface area contributed by atoms with E-state index in [1.807, 2.05) is 13.0 Å². The van der Waals surface area contributed by atoms with Gasteiger partial charge in [-0.15, -0.1) is 0 Å². The van der Waals surface area contributed by atoms with Crippen LogP contribution in [0.15, 0.2) is 24.3 Å². The van der Waals surface area contributed by atoms with Crippen molar-refractivity contribution in [3.05, 3.63) is 24.3 Å². The van der Waals surface area contributed by atoms with Crippen LogP contribution in [0, 0.1) is 0 Å². The molecule has 0 fully saturated rings. The molecule has 0 saturated carbocycles. The minimum atomic E-state index is 0.671. The second-order valence-corrected chi connectivity index (χ2v) is 1.96. The van der Waals surface area contributed by atoms with Crippen molar-refractivity contribution in [1.29, 1.82) is 0 Å². The number of hydrogen-bond donors (Lipinski definition) is 0. The number of hydrogen-bond acceptors (Lipinski definition) is 1. The van der Waals surface area contributed by atoms with Gasteiger partial charge < -0.3 is 4.74 Å². The van der Waals surface area contributed by atoms with Gasteiger partial charge in [0.1, 0.15) is 0 Å². The Balaban J connectivity index is 3.27. The van der Waals surface area contributed by atoms with Gasteiger partial charge >= 0.3 is 0 Å². The number of methoxy groups -OCH3 is 1. The fraction of sp³-hybridized carbons (Fsp3) is 0.500. The lowest BCUT2D eigenvalue weighted by atomic mass is 10.2. The van der Waals surface area contributed by atoms with Gasteiger partial charge in [-0.1, -0.05) is 18.7 Å². The van der Waals surface area contributed by atoms with Crippen LogP contribution in [0.25, 0.3) is 0 Å². The summed E-state index contributed by atoms with van der Waals surface area (Å²) in [4.78, 5) is 0. The first-order chi connectivity index (χ1) is 4.31. The molecule has 0 heterocycles. The molecule has 0 aromatic heterocycles. The summed E-state index contributed by atoms with van der Waals surface area (Å²) in [5, 5.41) is 0. The Bertz CT molecular complexity index is 103. The molecule has 0 unspecified atom stereocenters. The molecular weight excluding hydrogens is 112 g/mol. The summed E-state index contributed by atoms with van der Waals surface area (Å²) in [6, 6.07) is 0. The van der Waals surface area contributed by atoms with Crippen LogP contribution < -0.4 is 0 Å². The summed E-state index contributed by atoms with van der Waals surface area (Å²) in [7, 11) is 1.68. The highest BCUT2D eigenvalue weighted by Gasteiger charge is 1.86. The van der Waals surface area contributed by atoms with Crippen molar-refractivity contribution >= 4 is 0 Å². The van der Waals surface area contributed by atoms with Crippen molar-refractivity contribution in [1.82, 2.24) is 0 Å². The molecule has 0 rings (SSSR count). The van der Waals surface area contributed by atoms with Crippen molar-refractivity contribution < 1.29 is 4.74 Å². The Morgan fingerprint density at radius 3 is 2.78 bits per heavy atom. The first kappa shape index (κ1) is 8.44. The van der Waals surface area contributed by atoms with E-state index in [1.165, 1.54) is 0 Å². The lowest BCUT2D eigenvalue weighted by Crippen LogP contribution is -1.90. The summed E-state index contributed by atoms with van der Waals surface area (Å²) in [5.41, 5.74) is 1.12. The molecule has 0 aromatic rings. The van der Waals surface area contributed by atoms with E-state index in [1.54, 1.807) is 7.11 Å². The Kier molecular flexibility index (Phi) is 5.23. The molecule has 0 spiro atoms. The molecule has 1 nitrogen and oxygen atoms in total. The summed E-state index contributed by atoms with van der Waals surface area (Å²) >= 11 is 0. The zero-order valence-electron chi connectivity index (χ0n) is 6.18. The average molecular weight is 126 g/mol. The molecule has 0 aliphatic carbocycles. The largest absolute Gasteiger partial charge is 0.380 e. The van der Waals surface area contributed by atoms with Gasteiger partial charge in [0.2, 0.25) is 0 Å². The van der Waals surface area contributed by atoms with Crippen LogP contribution in [0.1, 0.15) is 13.3 Å². The first-order valence-corrected chi connectivity index (χ1v) is 3.08. The molecule has 1 heteroatoms. The topological polar surface area (TPSA) is 9.23 Å². The van der Waals surface area contributed by atoms with Crippen LogP contribution in [-0.4, -0.2) is 13.7 Å². The second-order valence-electron chi connectivity index (χ2n) is 1.96. The molecule has 0 amide bonds. The molecule has 0 atom stereocenters. The van der Waals surface area contributed by atoms with Gasteiger partial charge in [-0.05, 0) is 18.9 Å². The molecule has 0 radical (unpaired) electrons. The van der Waals surface area contributed by atoms with Gasteiger partial charge in [-0.2, -0.15) is 0 Å². The van der Waals surface area contributed by atoms with Crippen LogP contribution in [0.5, 0.6) is 0 Å². The predicted molar refractivity (Wildman–Crippen MR) is 40.4 cm³/mol. The number of ether oxygens (including phenoxy) is 1. The number of rotatable bonds is 4. The summed E-state index contributed by atoms with van der Waals surface area (Å²) < 4.78 is 4.87. The molecule has 0 aliphatic rings. The van der Waals surface area contributed by atoms with Crippen molar-refractivity contribution in [3.8, 4) is 0 Å². The third-order valence-electron chi connectivity index (χ3n) is 0.991. The highest BCUT2D eigenvalue weighted by Crippen LogP contribution is 1.97. The Morgan fingerprint density at radius 2 is 2.33 bits per heavy atom. The molecule has 0 aromatic carbocycles. The molecule has 0 aliphatic heterocycles. The van der Waals surface area contributed by atoms with Gasteiger partial charge in [0, 0.05) is 7.11 Å². The summed E-state index contributed by atoms with van der Waals surface area (Å²) in [6.07, 6.45) is 5.02.